The summed E-state index contributed by atoms with van der Waals surface area (Å²) in [7, 11) is -8.41. The van der Waals surface area contributed by atoms with Gasteiger partial charge >= 0.3 is 6.09 Å². The number of sulfone groups is 1. The molecule has 0 heterocycles. The Morgan fingerprint density at radius 3 is 1.95 bits per heavy atom. The molecule has 0 fully saturated rings. The lowest BCUT2D eigenvalue weighted by Crippen LogP contribution is -2.35. The summed E-state index contributed by atoms with van der Waals surface area (Å²) in [6.45, 7) is 4.60. The van der Waals surface area contributed by atoms with Crippen molar-refractivity contribution < 1.29 is 26.4 Å². The van der Waals surface area contributed by atoms with Crippen LogP contribution in [0.25, 0.3) is 0 Å². The first-order valence-corrected chi connectivity index (χ1v) is 9.67. The number of hydrogen-bond donors (Lipinski definition) is 0. The molecule has 1 aromatic rings. The molecule has 0 aromatic heterocycles. The highest BCUT2D eigenvalue weighted by Crippen LogP contribution is 2.26. The van der Waals surface area contributed by atoms with Crippen molar-refractivity contribution in [3.63, 3.8) is 0 Å². The third kappa shape index (κ3) is 4.34. The summed E-state index contributed by atoms with van der Waals surface area (Å²) in [5.41, 5.74) is -0.962. The number of carbonyl (C=O) groups excluding carboxylic acids is 1. The summed E-state index contributed by atoms with van der Waals surface area (Å²) in [6.07, 6.45) is -0.467. The molecule has 10 heteroatoms. The van der Waals surface area contributed by atoms with Gasteiger partial charge in [-0.05, 0) is 32.9 Å². The predicted octanol–water partition coefficient (Wildman–Crippen LogP) is 2.17. The van der Waals surface area contributed by atoms with E-state index in [9.17, 15) is 21.6 Å². The Morgan fingerprint density at radius 2 is 1.55 bits per heavy atom. The maximum atomic E-state index is 12.4. The molecule has 0 saturated carbocycles. The van der Waals surface area contributed by atoms with Crippen molar-refractivity contribution in [2.45, 2.75) is 36.2 Å². The van der Waals surface area contributed by atoms with Crippen LogP contribution in [0.15, 0.2) is 34.1 Å². The van der Waals surface area contributed by atoms with Crippen LogP contribution in [-0.2, 0) is 24.6 Å². The zero-order valence-corrected chi connectivity index (χ0v) is 14.8. The zero-order valence-electron chi connectivity index (χ0n) is 12.4. The van der Waals surface area contributed by atoms with Crippen LogP contribution in [0.3, 0.4) is 0 Å². The van der Waals surface area contributed by atoms with Crippen molar-refractivity contribution in [2.24, 2.45) is 0 Å². The minimum absolute atomic E-state index is 0.137. The molecule has 0 unspecified atom stereocenters. The molecule has 124 valence electrons. The van der Waals surface area contributed by atoms with Crippen molar-refractivity contribution in [1.29, 1.82) is 0 Å². The van der Waals surface area contributed by atoms with Crippen LogP contribution in [0.5, 0.6) is 0 Å². The molecule has 0 radical (unpaired) electrons. The molecule has 0 spiro atoms. The molecule has 1 amide bonds. The number of nitrogens with zero attached hydrogens (tertiary/aromatic N) is 1. The molecule has 0 N–H and O–H groups in total. The maximum absolute atomic E-state index is 12.4. The largest absolute Gasteiger partial charge is 0.442 e. The van der Waals surface area contributed by atoms with E-state index in [1.807, 2.05) is 0 Å². The van der Waals surface area contributed by atoms with Gasteiger partial charge in [0.1, 0.15) is 10.5 Å². The van der Waals surface area contributed by atoms with Gasteiger partial charge in [-0.1, -0.05) is 12.1 Å². The number of rotatable bonds is 3. The molecule has 1 aromatic carbocycles. The number of amides is 1. The van der Waals surface area contributed by atoms with Gasteiger partial charge in [0.15, 0.2) is 9.84 Å². The SMILES string of the molecule is CC(C)(C)OC(=O)N(Cl)S(=O)(=O)c1ccccc1S(C)(=O)=O. The second kappa shape index (κ2) is 6.05. The second-order valence-corrected chi connectivity index (χ2v) is 9.70. The van der Waals surface area contributed by atoms with Crippen LogP contribution in [0.2, 0.25) is 0 Å². The molecule has 22 heavy (non-hydrogen) atoms. The summed E-state index contributed by atoms with van der Waals surface area (Å²) in [5.74, 6) is 0. The maximum Gasteiger partial charge on any atom is 0.439 e. The number of ether oxygens (including phenoxy) is 1. The van der Waals surface area contributed by atoms with Crippen molar-refractivity contribution in [2.75, 3.05) is 6.26 Å². The summed E-state index contributed by atoms with van der Waals surface area (Å²) >= 11 is 5.56. The third-order valence-corrected chi connectivity index (χ3v) is 5.72. The predicted molar refractivity (Wildman–Crippen MR) is 80.7 cm³/mol. The van der Waals surface area contributed by atoms with Crippen molar-refractivity contribution in [1.82, 2.24) is 3.82 Å². The van der Waals surface area contributed by atoms with Gasteiger partial charge in [0, 0.05) is 18.0 Å². The molecule has 0 aliphatic carbocycles. The van der Waals surface area contributed by atoms with Crippen molar-refractivity contribution in [3.05, 3.63) is 24.3 Å². The minimum atomic E-state index is -4.58. The van der Waals surface area contributed by atoms with E-state index < -0.39 is 41.3 Å². The van der Waals surface area contributed by atoms with Gasteiger partial charge in [-0.15, -0.1) is 3.82 Å². The highest BCUT2D eigenvalue weighted by Gasteiger charge is 2.35. The average molecular weight is 370 g/mol. The molecule has 0 saturated heterocycles. The van der Waals surface area contributed by atoms with Gasteiger partial charge < -0.3 is 4.74 Å². The Balaban J connectivity index is 3.35. The molecular formula is C12H16ClNO6S2. The molecule has 0 aliphatic heterocycles. The fraction of sp³-hybridized carbons (Fsp3) is 0.417. The van der Waals surface area contributed by atoms with Gasteiger partial charge in [-0.3, -0.25) is 0 Å². The fourth-order valence-corrected chi connectivity index (χ4v) is 4.22. The summed E-state index contributed by atoms with van der Waals surface area (Å²) in [5, 5.41) is 0. The number of carbonyl (C=O) groups is 1. The number of hydrogen-bond acceptors (Lipinski definition) is 6. The highest BCUT2D eigenvalue weighted by molar-refractivity contribution is 7.93. The highest BCUT2D eigenvalue weighted by atomic mass is 35.5. The third-order valence-electron chi connectivity index (χ3n) is 2.27. The Morgan fingerprint density at radius 1 is 1.09 bits per heavy atom. The Hall–Kier alpha value is -1.32. The zero-order chi connectivity index (χ0) is 17.3. The Labute approximate surface area is 134 Å². The molecule has 0 atom stereocenters. The van der Waals surface area contributed by atoms with Crippen LogP contribution >= 0.6 is 11.8 Å². The van der Waals surface area contributed by atoms with Gasteiger partial charge in [0.05, 0.1) is 4.90 Å². The van der Waals surface area contributed by atoms with Crippen LogP contribution in [0.1, 0.15) is 20.8 Å². The first-order valence-electron chi connectivity index (χ1n) is 6.00. The van der Waals surface area contributed by atoms with E-state index in [2.05, 4.69) is 0 Å². The second-order valence-electron chi connectivity index (χ2n) is 5.42. The van der Waals surface area contributed by atoms with E-state index in [-0.39, 0.29) is 3.82 Å². The summed E-state index contributed by atoms with van der Waals surface area (Å²) in [4.78, 5) is 10.7. The smallest absolute Gasteiger partial charge is 0.439 e. The van der Waals surface area contributed by atoms with Gasteiger partial charge in [-0.25, -0.2) is 13.2 Å². The topological polar surface area (TPSA) is 97.8 Å². The quantitative estimate of drug-likeness (QED) is 0.757. The van der Waals surface area contributed by atoms with Crippen LogP contribution in [0.4, 0.5) is 4.79 Å². The normalized spacial score (nSPS) is 12.8. The number of halogens is 1. The van der Waals surface area contributed by atoms with Crippen LogP contribution in [0, 0.1) is 0 Å². The average Bonchev–Trinajstić information content (AvgIpc) is 2.34. The summed E-state index contributed by atoms with van der Waals surface area (Å²) < 4.78 is 52.8. The van der Waals surface area contributed by atoms with Crippen LogP contribution < -0.4 is 0 Å². The monoisotopic (exact) mass is 369 g/mol. The lowest BCUT2D eigenvalue weighted by molar-refractivity contribution is 0.0479. The molecule has 7 nitrogen and oxygen atoms in total. The lowest BCUT2D eigenvalue weighted by atomic mass is 10.2. The first-order chi connectivity index (χ1) is 9.77. The van der Waals surface area contributed by atoms with Crippen LogP contribution in [-0.4, -0.2) is 38.6 Å². The first kappa shape index (κ1) is 18.7. The molecule has 0 aliphatic rings. The standard InChI is InChI=1S/C12H16ClNO6S2/c1-12(2,3)20-11(15)14(13)22(18,19)10-8-6-5-7-9(10)21(4,16)17/h5-8H,1-4H3. The fourth-order valence-electron chi connectivity index (χ4n) is 1.45. The van der Waals surface area contributed by atoms with E-state index in [4.69, 9.17) is 16.5 Å². The van der Waals surface area contributed by atoms with E-state index >= 15 is 0 Å². The Bertz CT molecular complexity index is 780. The molecule has 0 bridgehead atoms. The van der Waals surface area contributed by atoms with Gasteiger partial charge in [0.25, 0.3) is 10.0 Å². The van der Waals surface area contributed by atoms with Gasteiger partial charge in [0.2, 0.25) is 0 Å². The lowest BCUT2D eigenvalue weighted by Gasteiger charge is -2.23. The number of sulfonamides is 1. The van der Waals surface area contributed by atoms with E-state index in [1.54, 1.807) is 0 Å². The molecular weight excluding hydrogens is 354 g/mol. The Kier molecular flexibility index (Phi) is 5.15. The molecule has 1 rings (SSSR count). The minimum Gasteiger partial charge on any atom is -0.442 e. The number of benzene rings is 1. The van der Waals surface area contributed by atoms with Crippen molar-refractivity contribution >= 4 is 37.7 Å². The van der Waals surface area contributed by atoms with Gasteiger partial charge in [-0.2, -0.15) is 8.42 Å². The van der Waals surface area contributed by atoms with E-state index in [0.29, 0.717) is 0 Å². The summed E-state index contributed by atoms with van der Waals surface area (Å²) in [6, 6.07) is 4.84. The van der Waals surface area contributed by atoms with E-state index in [1.165, 1.54) is 32.9 Å². The van der Waals surface area contributed by atoms with Crippen molar-refractivity contribution in [3.8, 4) is 0 Å². The van der Waals surface area contributed by atoms with E-state index in [0.717, 1.165) is 18.4 Å².